The fourth-order valence-corrected chi connectivity index (χ4v) is 2.50. The highest BCUT2D eigenvalue weighted by Gasteiger charge is 2.18. The molecule has 0 atom stereocenters. The lowest BCUT2D eigenvalue weighted by atomic mass is 9.98. The molecular formula is C15H25N3. The summed E-state index contributed by atoms with van der Waals surface area (Å²) in [6.45, 7) is 8.94. The van der Waals surface area contributed by atoms with Crippen LogP contribution in [0.4, 0.5) is 5.69 Å². The normalized spacial score (nSPS) is 17.1. The van der Waals surface area contributed by atoms with Gasteiger partial charge in [-0.15, -0.1) is 0 Å². The Kier molecular flexibility index (Phi) is 5.00. The third-order valence-electron chi connectivity index (χ3n) is 3.75. The summed E-state index contributed by atoms with van der Waals surface area (Å²) in [4.78, 5) is 6.79. The number of anilines is 1. The number of hydrogen-bond donors (Lipinski definition) is 1. The second-order valence-electron chi connectivity index (χ2n) is 5.35. The molecule has 0 bridgehead atoms. The monoisotopic (exact) mass is 247 g/mol. The van der Waals surface area contributed by atoms with Crippen LogP contribution in [0, 0.1) is 5.92 Å². The zero-order valence-electron chi connectivity index (χ0n) is 11.7. The average molecular weight is 247 g/mol. The van der Waals surface area contributed by atoms with Crippen molar-refractivity contribution in [2.24, 2.45) is 5.92 Å². The molecule has 1 N–H and O–H groups in total. The highest BCUT2D eigenvalue weighted by atomic mass is 15.1. The quantitative estimate of drug-likeness (QED) is 0.811. The molecule has 0 unspecified atom stereocenters. The van der Waals surface area contributed by atoms with Gasteiger partial charge in [-0.2, -0.15) is 0 Å². The fourth-order valence-electron chi connectivity index (χ4n) is 2.50. The van der Waals surface area contributed by atoms with Gasteiger partial charge in [0, 0.05) is 25.8 Å². The third-order valence-corrected chi connectivity index (χ3v) is 3.75. The maximum absolute atomic E-state index is 4.30. The van der Waals surface area contributed by atoms with Crippen LogP contribution in [-0.2, 0) is 6.54 Å². The van der Waals surface area contributed by atoms with E-state index in [0.717, 1.165) is 19.0 Å². The predicted octanol–water partition coefficient (Wildman–Crippen LogP) is 2.82. The summed E-state index contributed by atoms with van der Waals surface area (Å²) in [6.07, 6.45) is 7.72. The molecule has 1 aromatic heterocycles. The summed E-state index contributed by atoms with van der Waals surface area (Å²) in [7, 11) is 0. The third kappa shape index (κ3) is 3.45. The van der Waals surface area contributed by atoms with Crippen LogP contribution >= 0.6 is 0 Å². The van der Waals surface area contributed by atoms with Crippen LogP contribution in [0.15, 0.2) is 18.5 Å². The van der Waals surface area contributed by atoms with Crippen molar-refractivity contribution in [3.63, 3.8) is 0 Å². The van der Waals surface area contributed by atoms with E-state index in [9.17, 15) is 0 Å². The SMILES string of the molecule is CCCNCc1ccncc1N1CCC(C)CC1. The summed E-state index contributed by atoms with van der Waals surface area (Å²) < 4.78 is 0. The van der Waals surface area contributed by atoms with Crippen molar-refractivity contribution < 1.29 is 0 Å². The van der Waals surface area contributed by atoms with Gasteiger partial charge in [0.2, 0.25) is 0 Å². The summed E-state index contributed by atoms with van der Waals surface area (Å²) in [5.41, 5.74) is 2.71. The van der Waals surface area contributed by atoms with Gasteiger partial charge >= 0.3 is 0 Å². The average Bonchev–Trinajstić information content (AvgIpc) is 2.41. The van der Waals surface area contributed by atoms with Crippen LogP contribution in [0.3, 0.4) is 0 Å². The Morgan fingerprint density at radius 2 is 2.17 bits per heavy atom. The van der Waals surface area contributed by atoms with Gasteiger partial charge in [-0.05, 0) is 43.4 Å². The summed E-state index contributed by atoms with van der Waals surface area (Å²) in [5, 5.41) is 3.49. The molecule has 3 nitrogen and oxygen atoms in total. The van der Waals surface area contributed by atoms with Crippen LogP contribution in [0.25, 0.3) is 0 Å². The van der Waals surface area contributed by atoms with Crippen LogP contribution in [0.5, 0.6) is 0 Å². The first-order valence-corrected chi connectivity index (χ1v) is 7.19. The van der Waals surface area contributed by atoms with E-state index in [0.29, 0.717) is 0 Å². The van der Waals surface area contributed by atoms with Crippen molar-refractivity contribution in [3.05, 3.63) is 24.0 Å². The van der Waals surface area contributed by atoms with E-state index >= 15 is 0 Å². The maximum Gasteiger partial charge on any atom is 0.0598 e. The second kappa shape index (κ2) is 6.74. The molecule has 18 heavy (non-hydrogen) atoms. The minimum atomic E-state index is 0.875. The number of rotatable bonds is 5. The van der Waals surface area contributed by atoms with E-state index in [2.05, 4.69) is 35.1 Å². The molecule has 100 valence electrons. The van der Waals surface area contributed by atoms with E-state index < -0.39 is 0 Å². The Hall–Kier alpha value is -1.09. The summed E-state index contributed by atoms with van der Waals surface area (Å²) in [6, 6.07) is 2.15. The second-order valence-corrected chi connectivity index (χ2v) is 5.35. The summed E-state index contributed by atoms with van der Waals surface area (Å²) in [5.74, 6) is 0.875. The molecule has 2 heterocycles. The molecule has 1 aromatic rings. The number of pyridine rings is 1. The lowest BCUT2D eigenvalue weighted by Gasteiger charge is -2.33. The molecule has 3 heteroatoms. The van der Waals surface area contributed by atoms with Crippen LogP contribution in [0.1, 0.15) is 38.7 Å². The minimum Gasteiger partial charge on any atom is -0.370 e. The Morgan fingerprint density at radius 1 is 1.39 bits per heavy atom. The van der Waals surface area contributed by atoms with Gasteiger partial charge in [0.1, 0.15) is 0 Å². The first kappa shape index (κ1) is 13.3. The Labute approximate surface area is 111 Å². The topological polar surface area (TPSA) is 28.2 Å². The Morgan fingerprint density at radius 3 is 2.89 bits per heavy atom. The zero-order chi connectivity index (χ0) is 12.8. The molecule has 0 aromatic carbocycles. The van der Waals surface area contributed by atoms with Gasteiger partial charge in [0.05, 0.1) is 11.9 Å². The van der Waals surface area contributed by atoms with E-state index in [-0.39, 0.29) is 0 Å². The number of hydrogen-bond acceptors (Lipinski definition) is 3. The highest BCUT2D eigenvalue weighted by molar-refractivity contribution is 5.51. The van der Waals surface area contributed by atoms with E-state index in [1.807, 2.05) is 12.4 Å². The molecule has 0 amide bonds. The van der Waals surface area contributed by atoms with E-state index in [1.165, 1.54) is 43.6 Å². The molecule has 0 aliphatic carbocycles. The predicted molar refractivity (Wildman–Crippen MR) is 76.8 cm³/mol. The van der Waals surface area contributed by atoms with Crippen molar-refractivity contribution in [3.8, 4) is 0 Å². The van der Waals surface area contributed by atoms with Crippen molar-refractivity contribution >= 4 is 5.69 Å². The number of nitrogens with one attached hydrogen (secondary N) is 1. The molecule has 0 radical (unpaired) electrons. The fraction of sp³-hybridized carbons (Fsp3) is 0.667. The van der Waals surface area contributed by atoms with Gasteiger partial charge in [0.25, 0.3) is 0 Å². The molecule has 0 saturated carbocycles. The van der Waals surface area contributed by atoms with E-state index in [4.69, 9.17) is 0 Å². The standard InChI is InChI=1S/C15H25N3/c1-3-7-16-11-14-4-8-17-12-15(14)18-9-5-13(2)6-10-18/h4,8,12-13,16H,3,5-7,9-11H2,1-2H3. The van der Waals surface area contributed by atoms with Crippen LogP contribution in [-0.4, -0.2) is 24.6 Å². The van der Waals surface area contributed by atoms with Crippen molar-refractivity contribution in [2.75, 3.05) is 24.5 Å². The lowest BCUT2D eigenvalue weighted by Crippen LogP contribution is -2.34. The Balaban J connectivity index is 2.02. The molecular weight excluding hydrogens is 222 g/mol. The minimum absolute atomic E-state index is 0.875. The van der Waals surface area contributed by atoms with Crippen LogP contribution < -0.4 is 10.2 Å². The lowest BCUT2D eigenvalue weighted by molar-refractivity contribution is 0.437. The largest absolute Gasteiger partial charge is 0.370 e. The van der Waals surface area contributed by atoms with Gasteiger partial charge < -0.3 is 10.2 Å². The van der Waals surface area contributed by atoms with Crippen molar-refractivity contribution in [1.29, 1.82) is 0 Å². The molecule has 1 aliphatic rings. The molecule has 2 rings (SSSR count). The number of aromatic nitrogens is 1. The first-order valence-electron chi connectivity index (χ1n) is 7.19. The first-order chi connectivity index (χ1) is 8.81. The maximum atomic E-state index is 4.30. The van der Waals surface area contributed by atoms with Gasteiger partial charge in [-0.3, -0.25) is 4.98 Å². The van der Waals surface area contributed by atoms with Crippen molar-refractivity contribution in [2.45, 2.75) is 39.7 Å². The smallest absolute Gasteiger partial charge is 0.0598 e. The molecule has 1 aliphatic heterocycles. The van der Waals surface area contributed by atoms with Crippen LogP contribution in [0.2, 0.25) is 0 Å². The highest BCUT2D eigenvalue weighted by Crippen LogP contribution is 2.25. The van der Waals surface area contributed by atoms with E-state index in [1.54, 1.807) is 0 Å². The summed E-state index contributed by atoms with van der Waals surface area (Å²) >= 11 is 0. The zero-order valence-corrected chi connectivity index (χ0v) is 11.7. The molecule has 0 spiro atoms. The van der Waals surface area contributed by atoms with Gasteiger partial charge in [-0.25, -0.2) is 0 Å². The number of nitrogens with zero attached hydrogens (tertiary/aromatic N) is 2. The van der Waals surface area contributed by atoms with Gasteiger partial charge in [0.15, 0.2) is 0 Å². The molecule has 1 fully saturated rings. The number of piperidine rings is 1. The van der Waals surface area contributed by atoms with Crippen molar-refractivity contribution in [1.82, 2.24) is 10.3 Å². The Bertz CT molecular complexity index is 357. The van der Waals surface area contributed by atoms with Gasteiger partial charge in [-0.1, -0.05) is 13.8 Å². The molecule has 1 saturated heterocycles.